The van der Waals surface area contributed by atoms with Gasteiger partial charge in [-0.05, 0) is 35.9 Å². The van der Waals surface area contributed by atoms with Crippen molar-refractivity contribution in [1.82, 2.24) is 24.6 Å². The second kappa shape index (κ2) is 6.91. The maximum absolute atomic E-state index is 12.2. The van der Waals surface area contributed by atoms with Gasteiger partial charge in [-0.1, -0.05) is 6.07 Å². The first-order valence-electron chi connectivity index (χ1n) is 7.49. The Hall–Kier alpha value is -3.22. The number of hydrogen-bond acceptors (Lipinski definition) is 4. The first kappa shape index (κ1) is 15.7. The van der Waals surface area contributed by atoms with Crippen LogP contribution >= 0.6 is 0 Å². The summed E-state index contributed by atoms with van der Waals surface area (Å²) in [6, 6.07) is 11.0. The van der Waals surface area contributed by atoms with E-state index in [-0.39, 0.29) is 6.03 Å². The van der Waals surface area contributed by atoms with Crippen LogP contribution in [-0.4, -0.2) is 37.7 Å². The predicted octanol–water partition coefficient (Wildman–Crippen LogP) is 2.54. The Morgan fingerprint density at radius 1 is 1.25 bits per heavy atom. The molecule has 0 fully saturated rings. The fourth-order valence-electron chi connectivity index (χ4n) is 2.23. The van der Waals surface area contributed by atoms with Crippen LogP contribution in [0.2, 0.25) is 0 Å². The van der Waals surface area contributed by atoms with Gasteiger partial charge in [0, 0.05) is 44.3 Å². The van der Waals surface area contributed by atoms with E-state index < -0.39 is 0 Å². The predicted molar refractivity (Wildman–Crippen MR) is 91.2 cm³/mol. The number of carbonyl (C=O) groups excluding carboxylic acids is 1. The topological polar surface area (TPSA) is 75.9 Å². The van der Waals surface area contributed by atoms with Crippen molar-refractivity contribution in [2.24, 2.45) is 7.05 Å². The second-order valence-electron chi connectivity index (χ2n) is 5.47. The molecule has 2 heterocycles. The third-order valence-electron chi connectivity index (χ3n) is 3.48. The van der Waals surface area contributed by atoms with Gasteiger partial charge in [-0.15, -0.1) is 0 Å². The number of anilines is 1. The minimum Gasteiger partial charge on any atom is -0.323 e. The summed E-state index contributed by atoms with van der Waals surface area (Å²) < 4.78 is 1.65. The standard InChI is InChI=1S/C17H18N6O/c1-22(11-13-4-3-9-18-10-13)17(24)20-15-7-5-14(6-8-15)16-19-12-23(2)21-16/h3-10,12H,11H2,1-2H3,(H,20,24). The number of aryl methyl sites for hydroxylation is 1. The van der Waals surface area contributed by atoms with E-state index in [1.807, 2.05) is 43.4 Å². The molecule has 1 N–H and O–H groups in total. The lowest BCUT2D eigenvalue weighted by atomic mass is 10.2. The van der Waals surface area contributed by atoms with E-state index in [1.54, 1.807) is 35.4 Å². The minimum atomic E-state index is -0.178. The number of nitrogens with one attached hydrogen (secondary N) is 1. The number of urea groups is 1. The summed E-state index contributed by atoms with van der Waals surface area (Å²) >= 11 is 0. The largest absolute Gasteiger partial charge is 0.323 e. The van der Waals surface area contributed by atoms with Gasteiger partial charge < -0.3 is 10.2 Å². The molecule has 0 bridgehead atoms. The highest BCUT2D eigenvalue weighted by molar-refractivity contribution is 5.89. The number of benzene rings is 1. The fourth-order valence-corrected chi connectivity index (χ4v) is 2.23. The van der Waals surface area contributed by atoms with Gasteiger partial charge in [0.15, 0.2) is 5.82 Å². The van der Waals surface area contributed by atoms with E-state index in [4.69, 9.17) is 0 Å². The van der Waals surface area contributed by atoms with Crippen LogP contribution in [0.15, 0.2) is 55.1 Å². The monoisotopic (exact) mass is 322 g/mol. The van der Waals surface area contributed by atoms with Crippen LogP contribution in [0, 0.1) is 0 Å². The van der Waals surface area contributed by atoms with Gasteiger partial charge in [0.05, 0.1) is 0 Å². The van der Waals surface area contributed by atoms with E-state index >= 15 is 0 Å². The summed E-state index contributed by atoms with van der Waals surface area (Å²) in [7, 11) is 3.57. The lowest BCUT2D eigenvalue weighted by molar-refractivity contribution is 0.220. The van der Waals surface area contributed by atoms with Gasteiger partial charge in [-0.3, -0.25) is 9.67 Å². The molecule has 7 heteroatoms. The lowest BCUT2D eigenvalue weighted by Gasteiger charge is -2.18. The van der Waals surface area contributed by atoms with E-state index in [0.29, 0.717) is 12.4 Å². The zero-order valence-electron chi connectivity index (χ0n) is 13.5. The first-order valence-corrected chi connectivity index (χ1v) is 7.49. The molecule has 0 saturated heterocycles. The van der Waals surface area contributed by atoms with Crippen LogP contribution in [0.25, 0.3) is 11.4 Å². The molecule has 0 saturated carbocycles. The molecular weight excluding hydrogens is 304 g/mol. The van der Waals surface area contributed by atoms with Crippen molar-refractivity contribution in [3.8, 4) is 11.4 Å². The number of nitrogens with zero attached hydrogens (tertiary/aromatic N) is 5. The van der Waals surface area contributed by atoms with Gasteiger partial charge in [0.2, 0.25) is 0 Å². The van der Waals surface area contributed by atoms with Crippen molar-refractivity contribution in [3.05, 3.63) is 60.7 Å². The Kier molecular flexibility index (Phi) is 4.51. The van der Waals surface area contributed by atoms with Gasteiger partial charge in [0.25, 0.3) is 0 Å². The highest BCUT2D eigenvalue weighted by Crippen LogP contribution is 2.18. The molecule has 3 rings (SSSR count). The van der Waals surface area contributed by atoms with Crippen LogP contribution < -0.4 is 5.32 Å². The molecule has 0 unspecified atom stereocenters. The maximum Gasteiger partial charge on any atom is 0.321 e. The molecule has 0 spiro atoms. The smallest absolute Gasteiger partial charge is 0.321 e. The van der Waals surface area contributed by atoms with Crippen LogP contribution in [-0.2, 0) is 13.6 Å². The SMILES string of the molecule is CN(Cc1cccnc1)C(=O)Nc1ccc(-c2ncn(C)n2)cc1. The second-order valence-corrected chi connectivity index (χ2v) is 5.47. The Morgan fingerprint density at radius 2 is 2.04 bits per heavy atom. The number of amides is 2. The van der Waals surface area contributed by atoms with Crippen molar-refractivity contribution in [2.45, 2.75) is 6.54 Å². The third kappa shape index (κ3) is 3.75. The Labute approximate surface area is 140 Å². The maximum atomic E-state index is 12.2. The van der Waals surface area contributed by atoms with Crippen molar-refractivity contribution in [3.63, 3.8) is 0 Å². The van der Waals surface area contributed by atoms with Crippen LogP contribution in [0.5, 0.6) is 0 Å². The third-order valence-corrected chi connectivity index (χ3v) is 3.48. The quantitative estimate of drug-likeness (QED) is 0.801. The average molecular weight is 322 g/mol. The van der Waals surface area contributed by atoms with Crippen LogP contribution in [0.1, 0.15) is 5.56 Å². The molecule has 0 aliphatic carbocycles. The van der Waals surface area contributed by atoms with Crippen molar-refractivity contribution >= 4 is 11.7 Å². The Balaban J connectivity index is 1.62. The normalized spacial score (nSPS) is 10.4. The van der Waals surface area contributed by atoms with Gasteiger partial charge in [-0.25, -0.2) is 9.78 Å². The molecule has 0 radical (unpaired) electrons. The van der Waals surface area contributed by atoms with Gasteiger partial charge in [0.1, 0.15) is 6.33 Å². The molecule has 2 aromatic heterocycles. The van der Waals surface area contributed by atoms with E-state index in [1.165, 1.54) is 0 Å². The molecule has 0 atom stereocenters. The zero-order chi connectivity index (χ0) is 16.9. The van der Waals surface area contributed by atoms with Crippen molar-refractivity contribution < 1.29 is 4.79 Å². The summed E-state index contributed by atoms with van der Waals surface area (Å²) in [6.07, 6.45) is 5.11. The van der Waals surface area contributed by atoms with Crippen molar-refractivity contribution in [1.29, 1.82) is 0 Å². The lowest BCUT2D eigenvalue weighted by Crippen LogP contribution is -2.30. The molecule has 1 aromatic carbocycles. The molecular formula is C17H18N6O. The fraction of sp³-hybridized carbons (Fsp3) is 0.176. The molecule has 24 heavy (non-hydrogen) atoms. The van der Waals surface area contributed by atoms with Gasteiger partial charge in [-0.2, -0.15) is 5.10 Å². The number of rotatable bonds is 4. The zero-order valence-corrected chi connectivity index (χ0v) is 13.5. The van der Waals surface area contributed by atoms with Gasteiger partial charge >= 0.3 is 6.03 Å². The summed E-state index contributed by atoms with van der Waals surface area (Å²) in [5.74, 6) is 0.657. The first-order chi connectivity index (χ1) is 11.6. The highest BCUT2D eigenvalue weighted by Gasteiger charge is 2.10. The summed E-state index contributed by atoms with van der Waals surface area (Å²) in [4.78, 5) is 22.1. The average Bonchev–Trinajstić information content (AvgIpc) is 3.03. The molecule has 7 nitrogen and oxygen atoms in total. The number of pyridine rings is 1. The van der Waals surface area contributed by atoms with E-state index in [0.717, 1.165) is 16.8 Å². The summed E-state index contributed by atoms with van der Waals surface area (Å²) in [5, 5.41) is 7.12. The summed E-state index contributed by atoms with van der Waals surface area (Å²) in [6.45, 7) is 0.496. The Morgan fingerprint density at radius 3 is 2.67 bits per heavy atom. The van der Waals surface area contributed by atoms with Crippen LogP contribution in [0.3, 0.4) is 0 Å². The number of aromatic nitrogens is 4. The molecule has 0 aliphatic heterocycles. The highest BCUT2D eigenvalue weighted by atomic mass is 16.2. The van der Waals surface area contributed by atoms with Crippen molar-refractivity contribution in [2.75, 3.05) is 12.4 Å². The van der Waals surface area contributed by atoms with E-state index in [9.17, 15) is 4.79 Å². The number of hydrogen-bond donors (Lipinski definition) is 1. The Bertz CT molecular complexity index is 813. The minimum absolute atomic E-state index is 0.178. The number of carbonyl (C=O) groups is 1. The van der Waals surface area contributed by atoms with Crippen LogP contribution in [0.4, 0.5) is 10.5 Å². The molecule has 3 aromatic rings. The molecule has 2 amide bonds. The summed E-state index contributed by atoms with van der Waals surface area (Å²) in [5.41, 5.74) is 2.60. The molecule has 122 valence electrons. The van der Waals surface area contributed by atoms with E-state index in [2.05, 4.69) is 20.4 Å². The molecule has 0 aliphatic rings.